The molecule has 2 aromatic carbocycles. The van der Waals surface area contributed by atoms with Gasteiger partial charge in [-0.05, 0) is 48.6 Å². The molecule has 3 rings (SSSR count). The van der Waals surface area contributed by atoms with E-state index in [9.17, 15) is 13.2 Å². The molecule has 7 heteroatoms. The zero-order valence-corrected chi connectivity index (χ0v) is 15.8. The van der Waals surface area contributed by atoms with Gasteiger partial charge in [0, 0.05) is 31.4 Å². The Morgan fingerprint density at radius 2 is 1.70 bits per heavy atom. The first-order valence-corrected chi connectivity index (χ1v) is 9.67. The molecule has 0 aliphatic carbocycles. The fourth-order valence-corrected chi connectivity index (χ4v) is 3.32. The summed E-state index contributed by atoms with van der Waals surface area (Å²) in [5.41, 5.74) is 2.14. The molecule has 1 aromatic heterocycles. The van der Waals surface area contributed by atoms with Crippen LogP contribution < -0.4 is 0 Å². The van der Waals surface area contributed by atoms with Gasteiger partial charge in [-0.25, -0.2) is 17.4 Å². The highest BCUT2D eigenvalue weighted by Crippen LogP contribution is 2.15. The molecule has 0 radical (unpaired) electrons. The Balaban J connectivity index is 1.73. The number of rotatable bonds is 6. The highest BCUT2D eigenvalue weighted by molar-refractivity contribution is 7.89. The Morgan fingerprint density at radius 3 is 2.33 bits per heavy atom. The van der Waals surface area contributed by atoms with Crippen LogP contribution in [0.1, 0.15) is 15.9 Å². The summed E-state index contributed by atoms with van der Waals surface area (Å²) in [5.74, 6) is -0.212. The molecular formula is C20H19N3O3S. The number of para-hydroxylation sites is 1. The molecule has 27 heavy (non-hydrogen) atoms. The zero-order valence-electron chi connectivity index (χ0n) is 15.0. The molecule has 0 saturated heterocycles. The summed E-state index contributed by atoms with van der Waals surface area (Å²) >= 11 is 0. The lowest BCUT2D eigenvalue weighted by atomic mass is 10.1. The van der Waals surface area contributed by atoms with E-state index in [2.05, 4.69) is 5.10 Å². The minimum Gasteiger partial charge on any atom is -0.289 e. The molecule has 3 aromatic rings. The van der Waals surface area contributed by atoms with E-state index in [0.29, 0.717) is 5.56 Å². The van der Waals surface area contributed by atoms with E-state index in [1.165, 1.54) is 44.4 Å². The molecule has 0 amide bonds. The summed E-state index contributed by atoms with van der Waals surface area (Å²) in [5, 5.41) is 4.28. The normalized spacial score (nSPS) is 12.0. The summed E-state index contributed by atoms with van der Waals surface area (Å²) in [6.07, 6.45) is 6.62. The summed E-state index contributed by atoms with van der Waals surface area (Å²) in [6.45, 7) is 0. The molecule has 6 nitrogen and oxygen atoms in total. The third kappa shape index (κ3) is 4.21. The Kier molecular flexibility index (Phi) is 5.34. The van der Waals surface area contributed by atoms with Crippen molar-refractivity contribution < 1.29 is 13.2 Å². The maximum absolute atomic E-state index is 12.3. The molecule has 0 atom stereocenters. The molecule has 0 aliphatic heterocycles. The number of aromatic nitrogens is 2. The van der Waals surface area contributed by atoms with E-state index in [0.717, 1.165) is 15.6 Å². The summed E-state index contributed by atoms with van der Waals surface area (Å²) in [7, 11) is -0.575. The second-order valence-corrected chi connectivity index (χ2v) is 8.22. The smallest absolute Gasteiger partial charge is 0.242 e. The lowest BCUT2D eigenvalue weighted by Gasteiger charge is -2.11. The van der Waals surface area contributed by atoms with Crippen LogP contribution in [-0.2, 0) is 10.0 Å². The van der Waals surface area contributed by atoms with Crippen molar-refractivity contribution in [2.45, 2.75) is 4.90 Å². The van der Waals surface area contributed by atoms with Crippen molar-refractivity contribution in [2.24, 2.45) is 0 Å². The molecule has 0 aliphatic rings. The Morgan fingerprint density at radius 1 is 1.04 bits per heavy atom. The van der Waals surface area contributed by atoms with E-state index in [-0.39, 0.29) is 10.7 Å². The van der Waals surface area contributed by atoms with E-state index < -0.39 is 10.0 Å². The predicted octanol–water partition coefficient (Wildman–Crippen LogP) is 3.02. The van der Waals surface area contributed by atoms with Crippen LogP contribution >= 0.6 is 0 Å². The Labute approximate surface area is 158 Å². The third-order valence-electron chi connectivity index (χ3n) is 3.97. The minimum absolute atomic E-state index is 0.150. The van der Waals surface area contributed by atoms with Gasteiger partial charge in [-0.2, -0.15) is 5.10 Å². The average molecular weight is 381 g/mol. The highest BCUT2D eigenvalue weighted by atomic mass is 32.2. The first-order valence-electron chi connectivity index (χ1n) is 8.23. The van der Waals surface area contributed by atoms with Gasteiger partial charge in [0.05, 0.1) is 16.8 Å². The van der Waals surface area contributed by atoms with Crippen molar-refractivity contribution in [2.75, 3.05) is 14.1 Å². The largest absolute Gasteiger partial charge is 0.289 e. The monoisotopic (exact) mass is 381 g/mol. The van der Waals surface area contributed by atoms with Crippen molar-refractivity contribution in [1.82, 2.24) is 14.1 Å². The molecule has 0 N–H and O–H groups in total. The second kappa shape index (κ2) is 7.69. The molecule has 0 bridgehead atoms. The molecule has 138 valence electrons. The number of carbonyl (C=O) groups is 1. The number of sulfonamides is 1. The Bertz CT molecular complexity index is 1070. The van der Waals surface area contributed by atoms with Crippen LogP contribution in [0.5, 0.6) is 0 Å². The lowest BCUT2D eigenvalue weighted by molar-refractivity contribution is 0.104. The average Bonchev–Trinajstić information content (AvgIpc) is 3.16. The molecule has 0 spiro atoms. The van der Waals surface area contributed by atoms with Crippen LogP contribution in [-0.4, -0.2) is 42.4 Å². The van der Waals surface area contributed by atoms with Crippen LogP contribution in [0.3, 0.4) is 0 Å². The van der Waals surface area contributed by atoms with Gasteiger partial charge in [0.25, 0.3) is 0 Å². The van der Waals surface area contributed by atoms with Crippen LogP contribution in [0.4, 0.5) is 0 Å². The van der Waals surface area contributed by atoms with Gasteiger partial charge < -0.3 is 0 Å². The van der Waals surface area contributed by atoms with Crippen LogP contribution in [0, 0.1) is 0 Å². The fraction of sp³-hybridized carbons (Fsp3) is 0.100. The maximum Gasteiger partial charge on any atom is 0.242 e. The lowest BCUT2D eigenvalue weighted by Crippen LogP contribution is -2.22. The number of hydrogen-bond donors (Lipinski definition) is 0. The minimum atomic E-state index is -3.51. The van der Waals surface area contributed by atoms with Gasteiger partial charge in [0.1, 0.15) is 0 Å². The van der Waals surface area contributed by atoms with Gasteiger partial charge in [0.15, 0.2) is 5.78 Å². The van der Waals surface area contributed by atoms with Crippen molar-refractivity contribution in [3.63, 3.8) is 0 Å². The highest BCUT2D eigenvalue weighted by Gasteiger charge is 2.17. The van der Waals surface area contributed by atoms with Gasteiger partial charge >= 0.3 is 0 Å². The second-order valence-electron chi connectivity index (χ2n) is 6.06. The summed E-state index contributed by atoms with van der Waals surface area (Å²) in [6, 6.07) is 15.6. The fourth-order valence-electron chi connectivity index (χ4n) is 2.41. The maximum atomic E-state index is 12.3. The summed E-state index contributed by atoms with van der Waals surface area (Å²) in [4.78, 5) is 12.5. The first-order chi connectivity index (χ1) is 12.9. The van der Waals surface area contributed by atoms with Crippen molar-refractivity contribution in [1.29, 1.82) is 0 Å². The van der Waals surface area contributed by atoms with Crippen molar-refractivity contribution in [3.8, 4) is 5.69 Å². The predicted molar refractivity (Wildman–Crippen MR) is 104 cm³/mol. The molecule has 0 unspecified atom stereocenters. The van der Waals surface area contributed by atoms with Crippen LogP contribution in [0.15, 0.2) is 78.0 Å². The standard InChI is InChI=1S/C20H19N3O3S/c1-22(2)27(25,26)19-11-9-17(10-12-19)20(24)13-8-16-14-21-23(15-16)18-6-4-3-5-7-18/h3-15H,1-2H3/b13-8+. The Hall–Kier alpha value is -3.03. The SMILES string of the molecule is CN(C)S(=O)(=O)c1ccc(C(=O)/C=C/c2cnn(-c3ccccc3)c2)cc1. The number of carbonyl (C=O) groups excluding carboxylic acids is 1. The number of ketones is 1. The molecule has 0 fully saturated rings. The van der Waals surface area contributed by atoms with Gasteiger partial charge in [-0.15, -0.1) is 0 Å². The van der Waals surface area contributed by atoms with Crippen molar-refractivity contribution in [3.05, 3.63) is 84.2 Å². The van der Waals surface area contributed by atoms with Gasteiger partial charge in [-0.1, -0.05) is 18.2 Å². The van der Waals surface area contributed by atoms with Gasteiger partial charge in [0.2, 0.25) is 10.0 Å². The van der Waals surface area contributed by atoms with Crippen LogP contribution in [0.2, 0.25) is 0 Å². The quantitative estimate of drug-likeness (QED) is 0.486. The van der Waals surface area contributed by atoms with Crippen molar-refractivity contribution >= 4 is 21.9 Å². The van der Waals surface area contributed by atoms with E-state index in [4.69, 9.17) is 0 Å². The molecular weight excluding hydrogens is 362 g/mol. The summed E-state index contributed by atoms with van der Waals surface area (Å²) < 4.78 is 27.0. The number of nitrogens with zero attached hydrogens (tertiary/aromatic N) is 3. The van der Waals surface area contributed by atoms with Crippen LogP contribution in [0.25, 0.3) is 11.8 Å². The van der Waals surface area contributed by atoms with Gasteiger partial charge in [-0.3, -0.25) is 4.79 Å². The van der Waals surface area contributed by atoms with E-state index >= 15 is 0 Å². The third-order valence-corrected chi connectivity index (χ3v) is 5.80. The topological polar surface area (TPSA) is 72.3 Å². The first kappa shape index (κ1) is 18.8. The number of allylic oxidation sites excluding steroid dienone is 1. The van der Waals surface area contributed by atoms with E-state index in [1.54, 1.807) is 17.0 Å². The van der Waals surface area contributed by atoms with E-state index in [1.807, 2.05) is 36.5 Å². The zero-order chi connectivity index (χ0) is 19.4. The number of hydrogen-bond acceptors (Lipinski definition) is 4. The number of benzene rings is 2. The molecule has 0 saturated carbocycles. The molecule has 1 heterocycles.